The highest BCUT2D eigenvalue weighted by Gasteiger charge is 2.14. The number of aromatic nitrogens is 3. The molecule has 19 heavy (non-hydrogen) atoms. The smallest absolute Gasteiger partial charge is 0.240 e. The first-order valence-corrected chi connectivity index (χ1v) is 6.84. The van der Waals surface area contributed by atoms with E-state index < -0.39 is 10.0 Å². The molecule has 1 heterocycles. The van der Waals surface area contributed by atoms with E-state index in [1.165, 1.54) is 35.3 Å². The molecule has 2 aromatic rings. The number of hydrogen-bond donors (Lipinski definition) is 1. The van der Waals surface area contributed by atoms with E-state index in [9.17, 15) is 8.42 Å². The Kier molecular flexibility index (Phi) is 3.59. The van der Waals surface area contributed by atoms with Gasteiger partial charge in [-0.25, -0.2) is 18.1 Å². The molecular formula is C11H11N5O2S. The molecule has 0 aliphatic rings. The van der Waals surface area contributed by atoms with Crippen LogP contribution in [-0.4, -0.2) is 23.2 Å². The van der Waals surface area contributed by atoms with Crippen molar-refractivity contribution in [2.45, 2.75) is 11.4 Å². The highest BCUT2D eigenvalue weighted by atomic mass is 32.2. The van der Waals surface area contributed by atoms with Crippen LogP contribution in [0.15, 0.2) is 35.5 Å². The number of sulfonamides is 1. The van der Waals surface area contributed by atoms with Gasteiger partial charge in [0.2, 0.25) is 10.0 Å². The van der Waals surface area contributed by atoms with Crippen LogP contribution in [0.4, 0.5) is 0 Å². The highest BCUT2D eigenvalue weighted by Crippen LogP contribution is 2.10. The Balaban J connectivity index is 2.11. The van der Waals surface area contributed by atoms with Crippen molar-refractivity contribution in [1.29, 1.82) is 5.26 Å². The standard InChI is InChI=1S/C11H11N5O2S/c1-16-8-13-11(15-16)7-14-19(17,18)10-4-2-9(6-12)3-5-10/h2-5,8,14H,7H2,1H3. The molecule has 98 valence electrons. The summed E-state index contributed by atoms with van der Waals surface area (Å²) in [6, 6.07) is 7.60. The minimum atomic E-state index is -3.62. The number of nitriles is 1. The summed E-state index contributed by atoms with van der Waals surface area (Å²) >= 11 is 0. The fourth-order valence-electron chi connectivity index (χ4n) is 1.42. The van der Waals surface area contributed by atoms with E-state index in [2.05, 4.69) is 14.8 Å². The van der Waals surface area contributed by atoms with Gasteiger partial charge in [-0.1, -0.05) is 0 Å². The Morgan fingerprint density at radius 3 is 2.58 bits per heavy atom. The van der Waals surface area contributed by atoms with Crippen LogP contribution in [0.1, 0.15) is 11.4 Å². The second kappa shape index (κ2) is 5.17. The van der Waals surface area contributed by atoms with Gasteiger partial charge in [-0.3, -0.25) is 4.68 Å². The van der Waals surface area contributed by atoms with Crippen molar-refractivity contribution in [2.24, 2.45) is 7.05 Å². The number of hydrogen-bond acceptors (Lipinski definition) is 5. The number of rotatable bonds is 4. The largest absolute Gasteiger partial charge is 0.256 e. The number of aryl methyl sites for hydroxylation is 1. The molecule has 0 fully saturated rings. The maximum atomic E-state index is 12.0. The average Bonchev–Trinajstić information content (AvgIpc) is 2.82. The summed E-state index contributed by atoms with van der Waals surface area (Å²) in [6.07, 6.45) is 1.49. The van der Waals surface area contributed by atoms with Crippen LogP contribution in [0.25, 0.3) is 0 Å². The third-order valence-electron chi connectivity index (χ3n) is 2.36. The predicted molar refractivity (Wildman–Crippen MR) is 66.2 cm³/mol. The van der Waals surface area contributed by atoms with Crippen LogP contribution in [0, 0.1) is 11.3 Å². The Hall–Kier alpha value is -2.24. The summed E-state index contributed by atoms with van der Waals surface area (Å²) in [6.45, 7) is 0.0170. The molecule has 0 bridgehead atoms. The van der Waals surface area contributed by atoms with E-state index in [0.717, 1.165) is 0 Å². The maximum absolute atomic E-state index is 12.0. The molecule has 0 saturated heterocycles. The molecule has 1 aromatic carbocycles. The lowest BCUT2D eigenvalue weighted by atomic mass is 10.2. The Bertz CT molecular complexity index is 712. The predicted octanol–water partition coefficient (Wildman–Crippen LogP) is 0.165. The zero-order chi connectivity index (χ0) is 13.9. The van der Waals surface area contributed by atoms with Crippen LogP contribution in [-0.2, 0) is 23.6 Å². The van der Waals surface area contributed by atoms with E-state index in [1.807, 2.05) is 6.07 Å². The number of nitrogens with zero attached hydrogens (tertiary/aromatic N) is 4. The third-order valence-corrected chi connectivity index (χ3v) is 3.78. The summed E-state index contributed by atoms with van der Waals surface area (Å²) in [5, 5.41) is 12.6. The van der Waals surface area contributed by atoms with Gasteiger partial charge in [0.05, 0.1) is 23.1 Å². The Morgan fingerprint density at radius 2 is 2.05 bits per heavy atom. The Labute approximate surface area is 110 Å². The summed E-state index contributed by atoms with van der Waals surface area (Å²) < 4.78 is 27.8. The molecule has 0 atom stereocenters. The van der Waals surface area contributed by atoms with Crippen LogP contribution >= 0.6 is 0 Å². The fourth-order valence-corrected chi connectivity index (χ4v) is 2.40. The molecule has 1 aromatic heterocycles. The SMILES string of the molecule is Cn1cnc(CNS(=O)(=O)c2ccc(C#N)cc2)n1. The van der Waals surface area contributed by atoms with Crippen LogP contribution in [0.2, 0.25) is 0 Å². The molecule has 1 N–H and O–H groups in total. The van der Waals surface area contributed by atoms with Crippen LogP contribution in [0.3, 0.4) is 0 Å². The molecule has 7 nitrogen and oxygen atoms in total. The zero-order valence-electron chi connectivity index (χ0n) is 10.1. The van der Waals surface area contributed by atoms with Gasteiger partial charge in [-0.05, 0) is 24.3 Å². The average molecular weight is 277 g/mol. The number of nitrogens with one attached hydrogen (secondary N) is 1. The van der Waals surface area contributed by atoms with E-state index in [-0.39, 0.29) is 11.4 Å². The fraction of sp³-hybridized carbons (Fsp3) is 0.182. The first-order chi connectivity index (χ1) is 9.01. The summed E-state index contributed by atoms with van der Waals surface area (Å²) in [4.78, 5) is 4.02. The van der Waals surface area contributed by atoms with Crippen molar-refractivity contribution in [1.82, 2.24) is 19.5 Å². The van der Waals surface area contributed by atoms with Gasteiger partial charge in [0.15, 0.2) is 5.82 Å². The van der Waals surface area contributed by atoms with Gasteiger partial charge >= 0.3 is 0 Å². The minimum absolute atomic E-state index is 0.0170. The lowest BCUT2D eigenvalue weighted by molar-refractivity contribution is 0.578. The Morgan fingerprint density at radius 1 is 1.37 bits per heavy atom. The molecule has 0 saturated carbocycles. The quantitative estimate of drug-likeness (QED) is 0.858. The minimum Gasteiger partial charge on any atom is -0.256 e. The summed E-state index contributed by atoms with van der Waals surface area (Å²) in [5.74, 6) is 0.389. The van der Waals surface area contributed by atoms with Gasteiger partial charge in [-0.2, -0.15) is 10.4 Å². The third kappa shape index (κ3) is 3.15. The van der Waals surface area contributed by atoms with Gasteiger partial charge < -0.3 is 0 Å². The van der Waals surface area contributed by atoms with Crippen molar-refractivity contribution >= 4 is 10.0 Å². The molecular weight excluding hydrogens is 266 g/mol. The van der Waals surface area contributed by atoms with E-state index >= 15 is 0 Å². The normalized spacial score (nSPS) is 11.2. The number of benzene rings is 1. The summed E-state index contributed by atoms with van der Waals surface area (Å²) in [5.41, 5.74) is 0.408. The van der Waals surface area contributed by atoms with Gasteiger partial charge in [0.1, 0.15) is 6.33 Å². The molecule has 0 unspecified atom stereocenters. The second-order valence-electron chi connectivity index (χ2n) is 3.80. The van der Waals surface area contributed by atoms with Gasteiger partial charge in [0, 0.05) is 7.05 Å². The first kappa shape index (κ1) is 13.2. The lowest BCUT2D eigenvalue weighted by Gasteiger charge is -2.04. The molecule has 0 spiro atoms. The molecule has 0 amide bonds. The van der Waals surface area contributed by atoms with E-state index in [0.29, 0.717) is 11.4 Å². The summed E-state index contributed by atoms with van der Waals surface area (Å²) in [7, 11) is -1.92. The lowest BCUT2D eigenvalue weighted by Crippen LogP contribution is -2.23. The van der Waals surface area contributed by atoms with Gasteiger partial charge in [-0.15, -0.1) is 0 Å². The van der Waals surface area contributed by atoms with Crippen LogP contribution in [0.5, 0.6) is 0 Å². The first-order valence-electron chi connectivity index (χ1n) is 5.35. The van der Waals surface area contributed by atoms with Gasteiger partial charge in [0.25, 0.3) is 0 Å². The van der Waals surface area contributed by atoms with Crippen molar-refractivity contribution in [3.63, 3.8) is 0 Å². The van der Waals surface area contributed by atoms with Crippen LogP contribution < -0.4 is 4.72 Å². The van der Waals surface area contributed by atoms with Crippen molar-refractivity contribution in [3.8, 4) is 6.07 Å². The second-order valence-corrected chi connectivity index (χ2v) is 5.56. The monoisotopic (exact) mass is 277 g/mol. The molecule has 0 aliphatic heterocycles. The van der Waals surface area contributed by atoms with E-state index in [4.69, 9.17) is 5.26 Å². The van der Waals surface area contributed by atoms with Crippen molar-refractivity contribution in [2.75, 3.05) is 0 Å². The highest BCUT2D eigenvalue weighted by molar-refractivity contribution is 7.89. The zero-order valence-corrected chi connectivity index (χ0v) is 10.9. The van der Waals surface area contributed by atoms with Crippen molar-refractivity contribution in [3.05, 3.63) is 42.0 Å². The molecule has 0 aliphatic carbocycles. The molecule has 8 heteroatoms. The topological polar surface area (TPSA) is 101 Å². The van der Waals surface area contributed by atoms with Crippen molar-refractivity contribution < 1.29 is 8.42 Å². The maximum Gasteiger partial charge on any atom is 0.240 e. The van der Waals surface area contributed by atoms with E-state index in [1.54, 1.807) is 7.05 Å². The molecule has 0 radical (unpaired) electrons. The molecule has 2 rings (SSSR count).